The second-order valence-electron chi connectivity index (χ2n) is 4.35. The fourth-order valence-electron chi connectivity index (χ4n) is 1.01. The molecule has 1 aromatic carbocycles. The smallest absolute Gasteiger partial charge is 0.423 e. The van der Waals surface area contributed by atoms with E-state index in [9.17, 15) is 4.79 Å². The van der Waals surface area contributed by atoms with Crippen LogP contribution in [0.2, 0.25) is 0 Å². The third-order valence-electron chi connectivity index (χ3n) is 1.67. The summed E-state index contributed by atoms with van der Waals surface area (Å²) in [6, 6.07) is 7.02. The normalized spacial score (nSPS) is 11.0. The number of carbonyl (C=O) groups is 1. The lowest BCUT2D eigenvalue weighted by atomic mass is 10.2. The van der Waals surface area contributed by atoms with Gasteiger partial charge >= 0.3 is 6.09 Å². The van der Waals surface area contributed by atoms with Gasteiger partial charge in [0.25, 0.3) is 0 Å². The van der Waals surface area contributed by atoms with E-state index in [1.54, 1.807) is 24.3 Å². The van der Waals surface area contributed by atoms with Gasteiger partial charge in [0.2, 0.25) is 0 Å². The average Bonchev–Trinajstić information content (AvgIpc) is 2.15. The fraction of sp³-hybridized carbons (Fsp3) is 0.364. The predicted octanol–water partition coefficient (Wildman–Crippen LogP) is 3.36. The molecule has 2 N–H and O–H groups in total. The first kappa shape index (κ1) is 13.1. The Bertz CT molecular complexity index is 371. The van der Waals surface area contributed by atoms with Gasteiger partial charge in [0.15, 0.2) is 0 Å². The van der Waals surface area contributed by atoms with Crippen LogP contribution in [-0.4, -0.2) is 11.7 Å². The molecule has 16 heavy (non-hydrogen) atoms. The zero-order chi connectivity index (χ0) is 12.3. The Morgan fingerprint density at radius 2 is 1.81 bits per heavy atom. The zero-order valence-corrected chi connectivity index (χ0v) is 11.7. The highest BCUT2D eigenvalue weighted by Gasteiger charge is 2.21. The third-order valence-corrected chi connectivity index (χ3v) is 2.62. The van der Waals surface area contributed by atoms with E-state index in [4.69, 9.17) is 10.5 Å². The monoisotopic (exact) mass is 334 g/mol. The molecule has 1 amide bonds. The molecule has 1 rings (SSSR count). The topological polar surface area (TPSA) is 55.6 Å². The Morgan fingerprint density at radius 3 is 2.25 bits per heavy atom. The van der Waals surface area contributed by atoms with Gasteiger partial charge in [-0.2, -0.15) is 0 Å². The number of nitrogens with two attached hydrogens (primary N) is 1. The average molecular weight is 334 g/mol. The highest BCUT2D eigenvalue weighted by atomic mass is 127. The van der Waals surface area contributed by atoms with Crippen molar-refractivity contribution in [2.75, 3.05) is 8.85 Å². The van der Waals surface area contributed by atoms with E-state index in [2.05, 4.69) is 0 Å². The van der Waals surface area contributed by atoms with Crippen LogP contribution in [0.5, 0.6) is 0 Å². The van der Waals surface area contributed by atoms with Crippen molar-refractivity contribution in [1.82, 2.24) is 0 Å². The van der Waals surface area contributed by atoms with Crippen LogP contribution in [0.15, 0.2) is 24.3 Å². The first-order valence-corrected chi connectivity index (χ1v) is 5.80. The van der Waals surface area contributed by atoms with E-state index in [1.807, 2.05) is 43.6 Å². The van der Waals surface area contributed by atoms with Gasteiger partial charge in [-0.3, -0.25) is 0 Å². The molecule has 0 unspecified atom stereocenters. The maximum Gasteiger partial charge on any atom is 0.423 e. The zero-order valence-electron chi connectivity index (χ0n) is 9.53. The highest BCUT2D eigenvalue weighted by molar-refractivity contribution is 14.1. The van der Waals surface area contributed by atoms with Crippen molar-refractivity contribution in [2.24, 2.45) is 0 Å². The van der Waals surface area contributed by atoms with Crippen LogP contribution in [0.3, 0.4) is 0 Å². The lowest BCUT2D eigenvalue weighted by Crippen LogP contribution is -2.30. The molecule has 0 bridgehead atoms. The van der Waals surface area contributed by atoms with Gasteiger partial charge in [0.05, 0.1) is 28.6 Å². The Balaban J connectivity index is 2.74. The molecule has 0 saturated carbocycles. The molecule has 0 aliphatic heterocycles. The van der Waals surface area contributed by atoms with Crippen LogP contribution in [0.25, 0.3) is 0 Å². The number of nitrogens with zero attached hydrogens (tertiary/aromatic N) is 1. The van der Waals surface area contributed by atoms with Gasteiger partial charge in [-0.1, -0.05) is 0 Å². The predicted molar refractivity (Wildman–Crippen MR) is 73.6 cm³/mol. The quantitative estimate of drug-likeness (QED) is 0.487. The minimum absolute atomic E-state index is 0.391. The summed E-state index contributed by atoms with van der Waals surface area (Å²) in [5, 5.41) is 0. The number of hydrogen-bond donors (Lipinski definition) is 1. The molecule has 0 aliphatic carbocycles. The van der Waals surface area contributed by atoms with E-state index in [-0.39, 0.29) is 0 Å². The lowest BCUT2D eigenvalue weighted by Gasteiger charge is -2.23. The van der Waals surface area contributed by atoms with Gasteiger partial charge < -0.3 is 10.5 Å². The van der Waals surface area contributed by atoms with Crippen LogP contribution in [-0.2, 0) is 4.74 Å². The van der Waals surface area contributed by atoms with Crippen molar-refractivity contribution in [3.8, 4) is 0 Å². The van der Waals surface area contributed by atoms with Crippen molar-refractivity contribution in [1.29, 1.82) is 0 Å². The van der Waals surface area contributed by atoms with Gasteiger partial charge in [0, 0.05) is 5.69 Å². The molecule has 0 heterocycles. The molecule has 0 fully saturated rings. The summed E-state index contributed by atoms with van der Waals surface area (Å²) in [5.74, 6) is 0. The highest BCUT2D eigenvalue weighted by Crippen LogP contribution is 2.22. The summed E-state index contributed by atoms with van der Waals surface area (Å²) in [6.45, 7) is 5.50. The maximum absolute atomic E-state index is 11.7. The number of ether oxygens (including phenoxy) is 1. The van der Waals surface area contributed by atoms with Gasteiger partial charge in [-0.25, -0.2) is 7.91 Å². The molecule has 0 aromatic heterocycles. The Morgan fingerprint density at radius 1 is 1.31 bits per heavy atom. The number of carbonyl (C=O) groups excluding carboxylic acids is 1. The Hall–Kier alpha value is -0.980. The molecule has 0 radical (unpaired) electrons. The first-order valence-electron chi connectivity index (χ1n) is 4.84. The fourth-order valence-corrected chi connectivity index (χ4v) is 1.43. The number of amides is 1. The number of nitrogen functional groups attached to an aromatic ring is 1. The molecule has 0 saturated heterocycles. The molecule has 0 aliphatic rings. The standard InChI is InChI=1S/C11H15IN2O2/c1-11(2,3)16-10(15)14(12)9-6-4-8(13)5-7-9/h4-7H,13H2,1-3H3. The van der Waals surface area contributed by atoms with E-state index in [0.717, 1.165) is 5.69 Å². The SMILES string of the molecule is CC(C)(C)OC(=O)N(I)c1ccc(N)cc1. The molecule has 4 nitrogen and oxygen atoms in total. The Kier molecular flexibility index (Phi) is 4.01. The van der Waals surface area contributed by atoms with Crippen molar-refractivity contribution in [2.45, 2.75) is 26.4 Å². The summed E-state index contributed by atoms with van der Waals surface area (Å²) in [6.07, 6.45) is -0.391. The van der Waals surface area contributed by atoms with Crippen molar-refractivity contribution < 1.29 is 9.53 Å². The molecular formula is C11H15IN2O2. The van der Waals surface area contributed by atoms with Gasteiger partial charge in [-0.05, 0) is 45.0 Å². The van der Waals surface area contributed by atoms with E-state index in [0.29, 0.717) is 5.69 Å². The minimum Gasteiger partial charge on any atom is -0.443 e. The molecule has 88 valence electrons. The van der Waals surface area contributed by atoms with Crippen LogP contribution in [0.1, 0.15) is 20.8 Å². The minimum atomic E-state index is -0.492. The Labute approximate surface area is 109 Å². The van der Waals surface area contributed by atoms with E-state index in [1.165, 1.54) is 3.11 Å². The van der Waals surface area contributed by atoms with Crippen molar-refractivity contribution in [3.63, 3.8) is 0 Å². The molecule has 0 spiro atoms. The molecular weight excluding hydrogens is 319 g/mol. The van der Waals surface area contributed by atoms with Crippen LogP contribution in [0.4, 0.5) is 16.2 Å². The first-order chi connectivity index (χ1) is 7.29. The summed E-state index contributed by atoms with van der Waals surface area (Å²) < 4.78 is 6.65. The lowest BCUT2D eigenvalue weighted by molar-refractivity contribution is 0.0617. The van der Waals surface area contributed by atoms with Crippen molar-refractivity contribution >= 4 is 40.3 Å². The second-order valence-corrected chi connectivity index (χ2v) is 5.32. The summed E-state index contributed by atoms with van der Waals surface area (Å²) in [7, 11) is 0. The number of halogens is 1. The largest absolute Gasteiger partial charge is 0.443 e. The van der Waals surface area contributed by atoms with E-state index < -0.39 is 11.7 Å². The summed E-state index contributed by atoms with van der Waals surface area (Å²) in [4.78, 5) is 11.7. The molecule has 1 aromatic rings. The van der Waals surface area contributed by atoms with Crippen molar-refractivity contribution in [3.05, 3.63) is 24.3 Å². The number of benzene rings is 1. The molecule has 5 heteroatoms. The van der Waals surface area contributed by atoms with Gasteiger partial charge in [0.1, 0.15) is 5.60 Å². The summed E-state index contributed by atoms with van der Waals surface area (Å²) >= 11 is 1.90. The van der Waals surface area contributed by atoms with Crippen LogP contribution >= 0.6 is 22.9 Å². The number of hydrogen-bond acceptors (Lipinski definition) is 3. The number of rotatable bonds is 1. The van der Waals surface area contributed by atoms with Crippen LogP contribution < -0.4 is 8.85 Å². The maximum atomic E-state index is 11.7. The van der Waals surface area contributed by atoms with Crippen LogP contribution in [0, 0.1) is 0 Å². The second kappa shape index (κ2) is 4.90. The number of anilines is 2. The van der Waals surface area contributed by atoms with E-state index >= 15 is 0 Å². The van der Waals surface area contributed by atoms with Gasteiger partial charge in [-0.15, -0.1) is 0 Å². The summed E-state index contributed by atoms with van der Waals surface area (Å²) in [5.41, 5.74) is 6.48. The third kappa shape index (κ3) is 3.88. The molecule has 0 atom stereocenters.